The molecule has 43 heavy (non-hydrogen) atoms. The van der Waals surface area contributed by atoms with Crippen molar-refractivity contribution in [2.45, 2.75) is 79.3 Å². The van der Waals surface area contributed by atoms with Crippen LogP contribution in [0.3, 0.4) is 0 Å². The lowest BCUT2D eigenvalue weighted by Crippen LogP contribution is -2.46. The van der Waals surface area contributed by atoms with Crippen molar-refractivity contribution < 1.29 is 4.74 Å². The van der Waals surface area contributed by atoms with Crippen molar-refractivity contribution in [2.75, 3.05) is 42.6 Å². The SMILES string of the molecule is CCC(C)C(C)C(C)C(CC)CCn1ccc(C2CN(c3cc(N4CCOC[C@H]4C)nc4c3cnn4-c3ccn[nH]3)C2)n1. The van der Waals surface area contributed by atoms with Crippen molar-refractivity contribution in [1.82, 2.24) is 34.7 Å². The van der Waals surface area contributed by atoms with E-state index in [0.29, 0.717) is 19.1 Å². The van der Waals surface area contributed by atoms with Gasteiger partial charge in [0, 0.05) is 50.4 Å². The fourth-order valence-corrected chi connectivity index (χ4v) is 7.03. The third kappa shape index (κ3) is 5.90. The summed E-state index contributed by atoms with van der Waals surface area (Å²) in [6.45, 7) is 19.3. The van der Waals surface area contributed by atoms with E-state index in [1.807, 2.05) is 16.9 Å². The average molecular weight is 588 g/mol. The largest absolute Gasteiger partial charge is 0.377 e. The summed E-state index contributed by atoms with van der Waals surface area (Å²) in [5.74, 6) is 5.19. The zero-order valence-corrected chi connectivity index (χ0v) is 26.8. The molecule has 2 saturated heterocycles. The predicted octanol–water partition coefficient (Wildman–Crippen LogP) is 5.90. The number of hydrogen-bond acceptors (Lipinski definition) is 7. The lowest BCUT2D eigenvalue weighted by molar-refractivity contribution is 0.0985. The third-order valence-corrected chi connectivity index (χ3v) is 10.6. The molecule has 10 heteroatoms. The number of nitrogens with zero attached hydrogens (tertiary/aromatic N) is 8. The van der Waals surface area contributed by atoms with Gasteiger partial charge >= 0.3 is 0 Å². The maximum absolute atomic E-state index is 5.72. The first-order valence-electron chi connectivity index (χ1n) is 16.4. The number of morpholine rings is 1. The fourth-order valence-electron chi connectivity index (χ4n) is 7.03. The van der Waals surface area contributed by atoms with Crippen LogP contribution in [0, 0.1) is 23.7 Å². The number of pyridine rings is 1. The normalized spacial score (nSPS) is 20.7. The Bertz CT molecular complexity index is 1470. The molecular weight excluding hydrogens is 538 g/mol. The Morgan fingerprint density at radius 2 is 1.93 bits per heavy atom. The molecule has 6 heterocycles. The van der Waals surface area contributed by atoms with Crippen molar-refractivity contribution in [2.24, 2.45) is 23.7 Å². The molecule has 4 unspecified atom stereocenters. The Balaban J connectivity index is 1.16. The van der Waals surface area contributed by atoms with Crippen LogP contribution in [0.5, 0.6) is 0 Å². The molecule has 0 aliphatic carbocycles. The number of aryl methyl sites for hydroxylation is 1. The highest BCUT2D eigenvalue weighted by Crippen LogP contribution is 2.38. The number of fused-ring (bicyclic) bond motifs is 1. The molecule has 0 amide bonds. The van der Waals surface area contributed by atoms with Crippen LogP contribution in [0.25, 0.3) is 16.9 Å². The van der Waals surface area contributed by atoms with Gasteiger partial charge in [0.25, 0.3) is 0 Å². The first-order valence-corrected chi connectivity index (χ1v) is 16.4. The van der Waals surface area contributed by atoms with Crippen LogP contribution in [0.15, 0.2) is 36.8 Å². The summed E-state index contributed by atoms with van der Waals surface area (Å²) >= 11 is 0. The summed E-state index contributed by atoms with van der Waals surface area (Å²) in [5, 5.41) is 18.0. The molecule has 2 aliphatic heterocycles. The summed E-state index contributed by atoms with van der Waals surface area (Å²) in [6, 6.07) is 6.65. The van der Waals surface area contributed by atoms with E-state index in [0.717, 1.165) is 72.5 Å². The molecule has 0 saturated carbocycles. The van der Waals surface area contributed by atoms with Crippen molar-refractivity contribution in [1.29, 1.82) is 0 Å². The molecule has 0 spiro atoms. The zero-order valence-electron chi connectivity index (χ0n) is 26.8. The Hall–Kier alpha value is -3.40. The van der Waals surface area contributed by atoms with Gasteiger partial charge in [0.15, 0.2) is 11.5 Å². The van der Waals surface area contributed by atoms with Gasteiger partial charge in [-0.25, -0.2) is 4.98 Å². The van der Waals surface area contributed by atoms with Gasteiger partial charge < -0.3 is 14.5 Å². The molecule has 4 aromatic rings. The van der Waals surface area contributed by atoms with Gasteiger partial charge in [0.05, 0.1) is 48.4 Å². The maximum Gasteiger partial charge on any atom is 0.169 e. The Morgan fingerprint density at radius 1 is 1.09 bits per heavy atom. The minimum atomic E-state index is 0.261. The van der Waals surface area contributed by atoms with Crippen molar-refractivity contribution in [3.05, 3.63) is 42.5 Å². The molecule has 5 atom stereocenters. The van der Waals surface area contributed by atoms with E-state index < -0.39 is 0 Å². The van der Waals surface area contributed by atoms with Gasteiger partial charge in [-0.3, -0.25) is 9.78 Å². The van der Waals surface area contributed by atoms with Crippen LogP contribution >= 0.6 is 0 Å². The first-order chi connectivity index (χ1) is 20.9. The van der Waals surface area contributed by atoms with Crippen LogP contribution < -0.4 is 9.80 Å². The van der Waals surface area contributed by atoms with E-state index in [1.54, 1.807) is 6.20 Å². The molecule has 0 radical (unpaired) electrons. The summed E-state index contributed by atoms with van der Waals surface area (Å²) in [7, 11) is 0. The van der Waals surface area contributed by atoms with Crippen LogP contribution in [0.2, 0.25) is 0 Å². The molecule has 4 aromatic heterocycles. The Morgan fingerprint density at radius 3 is 2.65 bits per heavy atom. The topological polar surface area (TPSA) is 92.9 Å². The number of anilines is 2. The highest BCUT2D eigenvalue weighted by Gasteiger charge is 2.33. The molecule has 6 rings (SSSR count). The number of ether oxygens (including phenoxy) is 1. The van der Waals surface area contributed by atoms with E-state index in [9.17, 15) is 0 Å². The summed E-state index contributed by atoms with van der Waals surface area (Å²) in [4.78, 5) is 9.91. The number of hydrogen-bond donors (Lipinski definition) is 1. The number of aromatic nitrogens is 7. The monoisotopic (exact) mass is 587 g/mol. The molecule has 2 aliphatic rings. The van der Waals surface area contributed by atoms with Crippen LogP contribution in [-0.4, -0.2) is 73.6 Å². The second kappa shape index (κ2) is 12.7. The van der Waals surface area contributed by atoms with Crippen LogP contribution in [-0.2, 0) is 11.3 Å². The standard InChI is InChI=1S/C33H49N9O/c1-7-22(3)24(5)25(6)26(8-2)10-13-40-14-11-29(38-40)27-19-39(20-27)30-17-32(41-15-16-43-21-23(41)4)36-33-28(30)18-35-42(33)31-9-12-34-37-31/h9,11-12,14,17-18,22-27H,7-8,10,13,15-16,19-21H2,1-6H3,(H,34,37)/t22?,23-,24?,25?,26?/m1/s1. The van der Waals surface area contributed by atoms with Gasteiger partial charge in [-0.2, -0.15) is 20.0 Å². The number of nitrogens with one attached hydrogen (secondary N) is 1. The zero-order chi connectivity index (χ0) is 30.1. The molecule has 2 fully saturated rings. The highest BCUT2D eigenvalue weighted by atomic mass is 16.5. The molecule has 0 bridgehead atoms. The highest BCUT2D eigenvalue weighted by molar-refractivity contribution is 5.92. The van der Waals surface area contributed by atoms with E-state index in [1.165, 1.54) is 30.6 Å². The van der Waals surface area contributed by atoms with Gasteiger partial charge in [0.2, 0.25) is 0 Å². The summed E-state index contributed by atoms with van der Waals surface area (Å²) < 4.78 is 9.75. The first kappa shape index (κ1) is 29.7. The lowest BCUT2D eigenvalue weighted by atomic mass is 9.75. The van der Waals surface area contributed by atoms with Crippen LogP contribution in [0.4, 0.5) is 11.5 Å². The Kier molecular flexibility index (Phi) is 8.75. The Labute approximate surface area is 255 Å². The smallest absolute Gasteiger partial charge is 0.169 e. The number of aromatic amines is 1. The second-order valence-electron chi connectivity index (χ2n) is 13.0. The number of H-pyrrole nitrogens is 1. The molecule has 1 N–H and O–H groups in total. The van der Waals surface area contributed by atoms with Crippen LogP contribution in [0.1, 0.15) is 72.4 Å². The molecule has 10 nitrogen and oxygen atoms in total. The van der Waals surface area contributed by atoms with E-state index >= 15 is 0 Å². The van der Waals surface area contributed by atoms with E-state index in [2.05, 4.69) is 84.6 Å². The van der Waals surface area contributed by atoms with Crippen molar-refractivity contribution >= 4 is 22.5 Å². The van der Waals surface area contributed by atoms with E-state index in [-0.39, 0.29) is 6.04 Å². The van der Waals surface area contributed by atoms with Gasteiger partial charge in [-0.05, 0) is 43.1 Å². The maximum atomic E-state index is 5.72. The van der Waals surface area contributed by atoms with E-state index in [4.69, 9.17) is 19.9 Å². The molecular formula is C33H49N9O. The fraction of sp³-hybridized carbons (Fsp3) is 0.636. The van der Waals surface area contributed by atoms with Gasteiger partial charge in [-0.15, -0.1) is 0 Å². The molecule has 232 valence electrons. The molecule has 0 aromatic carbocycles. The second-order valence-corrected chi connectivity index (χ2v) is 13.0. The third-order valence-electron chi connectivity index (χ3n) is 10.6. The van der Waals surface area contributed by atoms with Crippen molar-refractivity contribution in [3.8, 4) is 5.82 Å². The quantitative estimate of drug-likeness (QED) is 0.220. The number of rotatable bonds is 12. The minimum absolute atomic E-state index is 0.261. The average Bonchev–Trinajstić information content (AvgIpc) is 3.77. The van der Waals surface area contributed by atoms with Crippen molar-refractivity contribution in [3.63, 3.8) is 0 Å². The summed E-state index contributed by atoms with van der Waals surface area (Å²) in [5.41, 5.74) is 3.21. The lowest BCUT2D eigenvalue weighted by Gasteiger charge is -2.41. The van der Waals surface area contributed by atoms with Gasteiger partial charge in [0.1, 0.15) is 5.82 Å². The minimum Gasteiger partial charge on any atom is -0.377 e. The van der Waals surface area contributed by atoms with Gasteiger partial charge in [-0.1, -0.05) is 47.5 Å². The predicted molar refractivity (Wildman–Crippen MR) is 172 cm³/mol. The summed E-state index contributed by atoms with van der Waals surface area (Å²) in [6.07, 6.45) is 9.54.